The summed E-state index contributed by atoms with van der Waals surface area (Å²) in [6.45, 7) is 3.87. The maximum atomic E-state index is 11.0. The van der Waals surface area contributed by atoms with E-state index in [-0.39, 0.29) is 0 Å². The second-order valence-corrected chi connectivity index (χ2v) is 3.66. The van der Waals surface area contributed by atoms with Crippen LogP contribution in [-0.4, -0.2) is 24.8 Å². The monoisotopic (exact) mass is 220 g/mol. The number of carbonyl (C=O) groups is 1. The van der Waals surface area contributed by atoms with Crippen molar-refractivity contribution < 1.29 is 14.6 Å². The molecule has 1 N–H and O–H groups in total. The third-order valence-corrected chi connectivity index (χ3v) is 2.53. The van der Waals surface area contributed by atoms with Crippen LogP contribution >= 0.6 is 0 Å². The van der Waals surface area contributed by atoms with Gasteiger partial charge in [0, 0.05) is 12.7 Å². The molecule has 0 spiro atoms. The van der Waals surface area contributed by atoms with Crippen molar-refractivity contribution in [1.29, 1.82) is 0 Å². The quantitative estimate of drug-likeness (QED) is 0.793. The summed E-state index contributed by atoms with van der Waals surface area (Å²) in [4.78, 5) is 11.0. The van der Waals surface area contributed by atoms with Crippen LogP contribution in [0.4, 0.5) is 0 Å². The summed E-state index contributed by atoms with van der Waals surface area (Å²) in [5.41, 5.74) is 3.05. The fourth-order valence-corrected chi connectivity index (χ4v) is 1.57. The third kappa shape index (κ3) is 2.70. The Morgan fingerprint density at radius 2 is 2.00 bits per heavy atom. The van der Waals surface area contributed by atoms with Crippen molar-refractivity contribution in [1.82, 2.24) is 0 Å². The number of rotatable bonds is 4. The first-order valence-electron chi connectivity index (χ1n) is 5.06. The molecule has 0 radical (unpaired) electrons. The first-order chi connectivity index (χ1) is 7.57. The van der Waals surface area contributed by atoms with Gasteiger partial charge in [-0.3, -0.25) is 0 Å². The second-order valence-electron chi connectivity index (χ2n) is 3.66. The lowest BCUT2D eigenvalue weighted by Gasteiger charge is -2.12. The van der Waals surface area contributed by atoms with Crippen LogP contribution in [0, 0.1) is 6.92 Å². The van der Waals surface area contributed by atoms with E-state index in [1.165, 1.54) is 0 Å². The summed E-state index contributed by atoms with van der Waals surface area (Å²) < 4.78 is 5.06. The van der Waals surface area contributed by atoms with Crippen LogP contribution in [0.3, 0.4) is 0 Å². The Hall–Kier alpha value is -1.61. The van der Waals surface area contributed by atoms with Crippen molar-refractivity contribution in [2.24, 2.45) is 0 Å². The number of methoxy groups -OCH3 is 1. The standard InChI is InChI=1S/C13H16O3/c1-9-6-4-5-7-11(9)12(8-16-3)10(2)13(14)15/h4-7H,8H2,1-3H3,(H,14,15). The van der Waals surface area contributed by atoms with E-state index in [2.05, 4.69) is 0 Å². The van der Waals surface area contributed by atoms with E-state index >= 15 is 0 Å². The average Bonchev–Trinajstić information content (AvgIpc) is 2.26. The molecule has 16 heavy (non-hydrogen) atoms. The molecule has 0 aliphatic carbocycles. The van der Waals surface area contributed by atoms with Crippen LogP contribution in [0.15, 0.2) is 29.8 Å². The summed E-state index contributed by atoms with van der Waals surface area (Å²) >= 11 is 0. The van der Waals surface area contributed by atoms with Crippen molar-refractivity contribution >= 4 is 11.5 Å². The molecular formula is C13H16O3. The maximum Gasteiger partial charge on any atom is 0.331 e. The predicted molar refractivity (Wildman–Crippen MR) is 63.3 cm³/mol. The van der Waals surface area contributed by atoms with Gasteiger partial charge >= 0.3 is 5.97 Å². The number of aryl methyl sites for hydroxylation is 1. The molecule has 0 heterocycles. The van der Waals surface area contributed by atoms with Gasteiger partial charge in [-0.2, -0.15) is 0 Å². The number of benzene rings is 1. The number of aliphatic carboxylic acids is 1. The number of carboxylic acids is 1. The lowest BCUT2D eigenvalue weighted by atomic mass is 9.97. The fourth-order valence-electron chi connectivity index (χ4n) is 1.57. The largest absolute Gasteiger partial charge is 0.478 e. The van der Waals surface area contributed by atoms with Gasteiger partial charge in [-0.25, -0.2) is 4.79 Å². The molecule has 3 nitrogen and oxygen atoms in total. The van der Waals surface area contributed by atoms with Gasteiger partial charge in [0.1, 0.15) is 0 Å². The van der Waals surface area contributed by atoms with Gasteiger partial charge in [0.15, 0.2) is 0 Å². The minimum Gasteiger partial charge on any atom is -0.478 e. The molecule has 0 unspecified atom stereocenters. The highest BCUT2D eigenvalue weighted by molar-refractivity contribution is 5.96. The zero-order valence-corrected chi connectivity index (χ0v) is 9.78. The minimum atomic E-state index is -0.907. The normalized spacial score (nSPS) is 12.2. The van der Waals surface area contributed by atoms with E-state index in [9.17, 15) is 4.79 Å². The van der Waals surface area contributed by atoms with Crippen molar-refractivity contribution in [3.8, 4) is 0 Å². The Balaban J connectivity index is 3.28. The molecule has 1 aromatic carbocycles. The topological polar surface area (TPSA) is 46.5 Å². The van der Waals surface area contributed by atoms with Crippen molar-refractivity contribution in [3.05, 3.63) is 41.0 Å². The molecule has 3 heteroatoms. The molecule has 86 valence electrons. The van der Waals surface area contributed by atoms with E-state index in [0.29, 0.717) is 12.2 Å². The molecule has 0 atom stereocenters. The number of carboxylic acid groups (broad SMARTS) is 1. The number of hydrogen-bond donors (Lipinski definition) is 1. The lowest BCUT2D eigenvalue weighted by Crippen LogP contribution is -2.06. The van der Waals surface area contributed by atoms with Gasteiger partial charge in [0.05, 0.1) is 6.61 Å². The van der Waals surface area contributed by atoms with Gasteiger partial charge in [0.25, 0.3) is 0 Å². The van der Waals surface area contributed by atoms with Crippen LogP contribution in [0.5, 0.6) is 0 Å². The van der Waals surface area contributed by atoms with Crippen molar-refractivity contribution in [2.75, 3.05) is 13.7 Å². The molecule has 0 aromatic heterocycles. The maximum absolute atomic E-state index is 11.0. The molecule has 0 saturated heterocycles. The minimum absolute atomic E-state index is 0.309. The smallest absolute Gasteiger partial charge is 0.331 e. The van der Waals surface area contributed by atoms with Gasteiger partial charge in [-0.1, -0.05) is 24.3 Å². The molecule has 0 amide bonds. The summed E-state index contributed by atoms with van der Waals surface area (Å²) in [6.07, 6.45) is 0. The molecule has 0 bridgehead atoms. The van der Waals surface area contributed by atoms with Gasteiger partial charge in [-0.15, -0.1) is 0 Å². The van der Waals surface area contributed by atoms with Crippen LogP contribution in [0.1, 0.15) is 18.1 Å². The van der Waals surface area contributed by atoms with Crippen molar-refractivity contribution in [2.45, 2.75) is 13.8 Å². The first kappa shape index (κ1) is 12.5. The molecule has 0 saturated carbocycles. The lowest BCUT2D eigenvalue weighted by molar-refractivity contribution is -0.132. The van der Waals surface area contributed by atoms with Gasteiger partial charge in [-0.05, 0) is 30.5 Å². The van der Waals surface area contributed by atoms with Crippen LogP contribution in [0.2, 0.25) is 0 Å². The third-order valence-electron chi connectivity index (χ3n) is 2.53. The summed E-state index contributed by atoms with van der Waals surface area (Å²) in [5, 5.41) is 9.02. The van der Waals surface area contributed by atoms with Gasteiger partial charge in [0.2, 0.25) is 0 Å². The Morgan fingerprint density at radius 1 is 1.38 bits per heavy atom. The molecule has 0 fully saturated rings. The van der Waals surface area contributed by atoms with Crippen LogP contribution in [0.25, 0.3) is 5.57 Å². The van der Waals surface area contributed by atoms with Crippen molar-refractivity contribution in [3.63, 3.8) is 0 Å². The Morgan fingerprint density at radius 3 is 2.50 bits per heavy atom. The van der Waals surface area contributed by atoms with E-state index in [1.807, 2.05) is 31.2 Å². The molecule has 0 aliphatic heterocycles. The second kappa shape index (κ2) is 5.47. The summed E-state index contributed by atoms with van der Waals surface area (Å²) in [6, 6.07) is 7.70. The van der Waals surface area contributed by atoms with Gasteiger partial charge < -0.3 is 9.84 Å². The highest BCUT2D eigenvalue weighted by Gasteiger charge is 2.12. The first-order valence-corrected chi connectivity index (χ1v) is 5.06. The van der Waals surface area contributed by atoms with E-state index in [4.69, 9.17) is 9.84 Å². The highest BCUT2D eigenvalue weighted by atomic mass is 16.5. The molecular weight excluding hydrogens is 204 g/mol. The highest BCUT2D eigenvalue weighted by Crippen LogP contribution is 2.22. The van der Waals surface area contributed by atoms with Crippen LogP contribution in [-0.2, 0) is 9.53 Å². The van der Waals surface area contributed by atoms with E-state index < -0.39 is 5.97 Å². The Labute approximate surface area is 95.4 Å². The van der Waals surface area contributed by atoms with E-state index in [0.717, 1.165) is 16.7 Å². The summed E-state index contributed by atoms with van der Waals surface area (Å²) in [7, 11) is 1.56. The predicted octanol–water partition coefficient (Wildman–Crippen LogP) is 2.50. The fraction of sp³-hybridized carbons (Fsp3) is 0.308. The summed E-state index contributed by atoms with van der Waals surface area (Å²) in [5.74, 6) is -0.907. The molecule has 1 aromatic rings. The Bertz CT molecular complexity index is 419. The SMILES string of the molecule is COCC(=C(C)C(=O)O)c1ccccc1C. The zero-order chi connectivity index (χ0) is 12.1. The average molecular weight is 220 g/mol. The zero-order valence-electron chi connectivity index (χ0n) is 9.78. The number of hydrogen-bond acceptors (Lipinski definition) is 2. The van der Waals surface area contributed by atoms with Crippen LogP contribution < -0.4 is 0 Å². The Kier molecular flexibility index (Phi) is 4.26. The van der Waals surface area contributed by atoms with E-state index in [1.54, 1.807) is 14.0 Å². The molecule has 0 aliphatic rings. The molecule has 1 rings (SSSR count). The number of ether oxygens (including phenoxy) is 1.